The molecule has 0 fully saturated rings. The van der Waals surface area contributed by atoms with E-state index in [9.17, 15) is 4.79 Å². The third-order valence-corrected chi connectivity index (χ3v) is 2.41. The quantitative estimate of drug-likeness (QED) is 0.865. The number of hydrogen-bond acceptors (Lipinski definition) is 4. The molecule has 0 saturated heterocycles. The second-order valence-corrected chi connectivity index (χ2v) is 3.80. The highest BCUT2D eigenvalue weighted by atomic mass is 16.1. The lowest BCUT2D eigenvalue weighted by Crippen LogP contribution is -2.05. The zero-order chi connectivity index (χ0) is 13.0. The van der Waals surface area contributed by atoms with Gasteiger partial charge < -0.3 is 10.6 Å². The Morgan fingerprint density at radius 1 is 1.11 bits per heavy atom. The van der Waals surface area contributed by atoms with Crippen LogP contribution in [0.1, 0.15) is 6.92 Å². The first kappa shape index (κ1) is 12.0. The molecular formula is C13H14N4O. The molecule has 0 aliphatic carbocycles. The van der Waals surface area contributed by atoms with Crippen molar-refractivity contribution in [3.8, 4) is 11.3 Å². The van der Waals surface area contributed by atoms with Crippen LogP contribution in [-0.4, -0.2) is 22.9 Å². The zero-order valence-corrected chi connectivity index (χ0v) is 10.3. The number of amides is 1. The van der Waals surface area contributed by atoms with Crippen molar-refractivity contribution in [2.24, 2.45) is 0 Å². The van der Waals surface area contributed by atoms with Gasteiger partial charge in [-0.05, 0) is 12.1 Å². The van der Waals surface area contributed by atoms with Crippen LogP contribution < -0.4 is 10.6 Å². The normalized spacial score (nSPS) is 9.89. The van der Waals surface area contributed by atoms with E-state index in [-0.39, 0.29) is 5.91 Å². The van der Waals surface area contributed by atoms with E-state index < -0.39 is 0 Å². The van der Waals surface area contributed by atoms with Gasteiger partial charge in [0.1, 0.15) is 5.82 Å². The second-order valence-electron chi connectivity index (χ2n) is 3.80. The molecule has 0 spiro atoms. The molecule has 2 aromatic rings. The van der Waals surface area contributed by atoms with Crippen molar-refractivity contribution in [1.82, 2.24) is 9.97 Å². The summed E-state index contributed by atoms with van der Waals surface area (Å²) in [6, 6.07) is 7.47. The molecule has 92 valence electrons. The average Bonchev–Trinajstić information content (AvgIpc) is 2.39. The number of nitrogens with zero attached hydrogens (tertiary/aromatic N) is 2. The van der Waals surface area contributed by atoms with Crippen molar-refractivity contribution in [2.75, 3.05) is 17.7 Å². The van der Waals surface area contributed by atoms with Gasteiger partial charge in [0, 0.05) is 25.2 Å². The van der Waals surface area contributed by atoms with E-state index in [0.29, 0.717) is 0 Å². The molecule has 5 heteroatoms. The lowest BCUT2D eigenvalue weighted by Gasteiger charge is -2.05. The Bertz CT molecular complexity index is 534. The molecule has 1 aromatic carbocycles. The maximum Gasteiger partial charge on any atom is 0.221 e. The molecule has 0 saturated carbocycles. The third kappa shape index (κ3) is 2.82. The van der Waals surface area contributed by atoms with Gasteiger partial charge in [0.05, 0.1) is 18.1 Å². The third-order valence-electron chi connectivity index (χ3n) is 2.41. The van der Waals surface area contributed by atoms with Crippen LogP contribution in [0.3, 0.4) is 0 Å². The van der Waals surface area contributed by atoms with E-state index in [0.717, 1.165) is 22.8 Å². The minimum atomic E-state index is -0.0825. The van der Waals surface area contributed by atoms with Gasteiger partial charge in [-0.15, -0.1) is 0 Å². The zero-order valence-electron chi connectivity index (χ0n) is 10.3. The van der Waals surface area contributed by atoms with Crippen molar-refractivity contribution in [3.05, 3.63) is 36.7 Å². The van der Waals surface area contributed by atoms with Crippen molar-refractivity contribution in [3.63, 3.8) is 0 Å². The first-order chi connectivity index (χ1) is 8.69. The Morgan fingerprint density at radius 2 is 1.83 bits per heavy atom. The summed E-state index contributed by atoms with van der Waals surface area (Å²) in [5, 5.41) is 5.63. The Kier molecular flexibility index (Phi) is 3.52. The van der Waals surface area contributed by atoms with Crippen molar-refractivity contribution < 1.29 is 4.79 Å². The summed E-state index contributed by atoms with van der Waals surface area (Å²) in [6.07, 6.45) is 3.39. The fraction of sp³-hybridized carbons (Fsp3) is 0.154. The van der Waals surface area contributed by atoms with Crippen LogP contribution in [0.25, 0.3) is 11.3 Å². The van der Waals surface area contributed by atoms with Crippen LogP contribution in [0.5, 0.6) is 0 Å². The molecule has 0 radical (unpaired) electrons. The first-order valence-corrected chi connectivity index (χ1v) is 5.57. The largest absolute Gasteiger partial charge is 0.372 e. The molecule has 1 amide bonds. The van der Waals surface area contributed by atoms with Gasteiger partial charge in [-0.2, -0.15) is 0 Å². The van der Waals surface area contributed by atoms with E-state index in [1.807, 2.05) is 24.3 Å². The summed E-state index contributed by atoms with van der Waals surface area (Å²) in [5.74, 6) is 0.648. The molecule has 5 nitrogen and oxygen atoms in total. The molecule has 0 bridgehead atoms. The van der Waals surface area contributed by atoms with Crippen LogP contribution in [0.15, 0.2) is 36.7 Å². The van der Waals surface area contributed by atoms with Crippen LogP contribution in [0.2, 0.25) is 0 Å². The number of carbonyl (C=O) groups excluding carboxylic acids is 1. The Balaban J connectivity index is 2.20. The Hall–Kier alpha value is -2.43. The fourth-order valence-electron chi connectivity index (χ4n) is 1.53. The summed E-state index contributed by atoms with van der Waals surface area (Å²) >= 11 is 0. The number of rotatable bonds is 3. The smallest absolute Gasteiger partial charge is 0.221 e. The number of nitrogens with one attached hydrogen (secondary N) is 2. The van der Waals surface area contributed by atoms with Crippen LogP contribution in [0, 0.1) is 0 Å². The molecule has 0 aliphatic rings. The molecule has 1 heterocycles. The van der Waals surface area contributed by atoms with Crippen LogP contribution in [-0.2, 0) is 4.79 Å². The van der Waals surface area contributed by atoms with Gasteiger partial charge in [-0.25, -0.2) is 4.98 Å². The van der Waals surface area contributed by atoms with Gasteiger partial charge in [-0.1, -0.05) is 12.1 Å². The molecule has 0 unspecified atom stereocenters. The van der Waals surface area contributed by atoms with Crippen LogP contribution >= 0.6 is 0 Å². The maximum absolute atomic E-state index is 10.9. The van der Waals surface area contributed by atoms with Gasteiger partial charge >= 0.3 is 0 Å². The number of benzene rings is 1. The van der Waals surface area contributed by atoms with E-state index in [1.165, 1.54) is 6.92 Å². The minimum absolute atomic E-state index is 0.0825. The van der Waals surface area contributed by atoms with Crippen molar-refractivity contribution in [2.45, 2.75) is 6.92 Å². The van der Waals surface area contributed by atoms with Gasteiger partial charge in [0.15, 0.2) is 0 Å². The lowest BCUT2D eigenvalue weighted by atomic mass is 10.1. The summed E-state index contributed by atoms with van der Waals surface area (Å²) in [5.41, 5.74) is 2.52. The van der Waals surface area contributed by atoms with Crippen LogP contribution in [0.4, 0.5) is 11.5 Å². The van der Waals surface area contributed by atoms with Crippen molar-refractivity contribution in [1.29, 1.82) is 0 Å². The number of aromatic nitrogens is 2. The molecule has 2 N–H and O–H groups in total. The predicted molar refractivity (Wildman–Crippen MR) is 71.3 cm³/mol. The van der Waals surface area contributed by atoms with E-state index in [4.69, 9.17) is 0 Å². The monoisotopic (exact) mass is 242 g/mol. The minimum Gasteiger partial charge on any atom is -0.372 e. The molecule has 0 aliphatic heterocycles. The number of carbonyl (C=O) groups is 1. The predicted octanol–water partition coefficient (Wildman–Crippen LogP) is 2.14. The Labute approximate surface area is 105 Å². The average molecular weight is 242 g/mol. The highest BCUT2D eigenvalue weighted by Crippen LogP contribution is 2.19. The van der Waals surface area contributed by atoms with Gasteiger partial charge in [-0.3, -0.25) is 9.78 Å². The summed E-state index contributed by atoms with van der Waals surface area (Å²) in [4.78, 5) is 19.4. The van der Waals surface area contributed by atoms with E-state index >= 15 is 0 Å². The maximum atomic E-state index is 10.9. The van der Waals surface area contributed by atoms with Gasteiger partial charge in [0.25, 0.3) is 0 Å². The topological polar surface area (TPSA) is 66.9 Å². The van der Waals surface area contributed by atoms with E-state index in [1.54, 1.807) is 19.4 Å². The van der Waals surface area contributed by atoms with E-state index in [2.05, 4.69) is 20.6 Å². The standard InChI is InChI=1S/C13H14N4O/c1-9(18)17-11-5-3-10(4-6-11)12-7-16-13(14-2)8-15-12/h3-8H,1-2H3,(H,14,16)(H,17,18). The SMILES string of the molecule is CNc1cnc(-c2ccc(NC(C)=O)cc2)cn1. The molecule has 2 rings (SSSR count). The van der Waals surface area contributed by atoms with Crippen molar-refractivity contribution >= 4 is 17.4 Å². The lowest BCUT2D eigenvalue weighted by molar-refractivity contribution is -0.114. The summed E-state index contributed by atoms with van der Waals surface area (Å²) < 4.78 is 0. The first-order valence-electron chi connectivity index (χ1n) is 5.57. The highest BCUT2D eigenvalue weighted by molar-refractivity contribution is 5.88. The summed E-state index contributed by atoms with van der Waals surface area (Å²) in [6.45, 7) is 1.48. The Morgan fingerprint density at radius 3 is 2.33 bits per heavy atom. The number of hydrogen-bond donors (Lipinski definition) is 2. The van der Waals surface area contributed by atoms with Gasteiger partial charge in [0.2, 0.25) is 5.91 Å². The molecular weight excluding hydrogens is 228 g/mol. The summed E-state index contributed by atoms with van der Waals surface area (Å²) in [7, 11) is 1.80. The second kappa shape index (κ2) is 5.27. The molecule has 0 atom stereocenters. The molecule has 18 heavy (non-hydrogen) atoms. The fourth-order valence-corrected chi connectivity index (χ4v) is 1.53. The molecule has 1 aromatic heterocycles. The highest BCUT2D eigenvalue weighted by Gasteiger charge is 2.01. The number of anilines is 2.